The van der Waals surface area contributed by atoms with E-state index in [0.29, 0.717) is 35.8 Å². The van der Waals surface area contributed by atoms with Crippen LogP contribution in [0.2, 0.25) is 0 Å². The number of benzene rings is 2. The van der Waals surface area contributed by atoms with E-state index in [-0.39, 0.29) is 25.4 Å². The Morgan fingerprint density at radius 1 is 0.800 bits per heavy atom. The van der Waals surface area contributed by atoms with E-state index >= 15 is 0 Å². The summed E-state index contributed by atoms with van der Waals surface area (Å²) in [6, 6.07) is 13.2. The predicted molar refractivity (Wildman–Crippen MR) is 104 cm³/mol. The molecular formula is C22H22O8. The lowest BCUT2D eigenvalue weighted by Crippen LogP contribution is -2.19. The zero-order chi connectivity index (χ0) is 20.9. The van der Waals surface area contributed by atoms with Crippen LogP contribution in [0.15, 0.2) is 48.5 Å². The number of carbonyl (C=O) groups excluding carboxylic acids is 2. The smallest absolute Gasteiger partial charge is 0.338 e. The van der Waals surface area contributed by atoms with Crippen LogP contribution >= 0.6 is 0 Å². The van der Waals surface area contributed by atoms with Crippen LogP contribution in [0.5, 0.6) is 11.5 Å². The highest BCUT2D eigenvalue weighted by Crippen LogP contribution is 2.19. The van der Waals surface area contributed by atoms with Crippen molar-refractivity contribution >= 4 is 11.9 Å². The molecule has 0 spiro atoms. The van der Waals surface area contributed by atoms with Gasteiger partial charge in [0.2, 0.25) is 6.29 Å². The van der Waals surface area contributed by atoms with Crippen molar-refractivity contribution in [2.45, 2.75) is 25.4 Å². The molecule has 0 saturated carbocycles. The van der Waals surface area contributed by atoms with Gasteiger partial charge in [-0.3, -0.25) is 0 Å². The Kier molecular flexibility index (Phi) is 6.15. The van der Waals surface area contributed by atoms with E-state index in [0.717, 1.165) is 0 Å². The van der Waals surface area contributed by atoms with Gasteiger partial charge >= 0.3 is 11.9 Å². The molecular weight excluding hydrogens is 392 g/mol. The normalized spacial score (nSPS) is 20.0. The lowest BCUT2D eigenvalue weighted by atomic mass is 10.2. The van der Waals surface area contributed by atoms with Crippen molar-refractivity contribution in [3.63, 3.8) is 0 Å². The molecule has 2 atom stereocenters. The number of ether oxygens (including phenoxy) is 6. The summed E-state index contributed by atoms with van der Waals surface area (Å²) in [5, 5.41) is 0. The topological polar surface area (TPSA) is 96.1 Å². The molecule has 0 radical (unpaired) electrons. The highest BCUT2D eigenvalue weighted by atomic mass is 16.7. The molecule has 2 fully saturated rings. The van der Waals surface area contributed by atoms with E-state index < -0.39 is 18.2 Å². The number of carbonyl (C=O) groups is 2. The fourth-order valence-corrected chi connectivity index (χ4v) is 2.58. The first kappa shape index (κ1) is 20.2. The van der Waals surface area contributed by atoms with Gasteiger partial charge in [-0.15, -0.1) is 0 Å². The molecule has 2 aliphatic heterocycles. The zero-order valence-corrected chi connectivity index (χ0v) is 16.4. The van der Waals surface area contributed by atoms with Crippen molar-refractivity contribution in [1.82, 2.24) is 0 Å². The third-order valence-electron chi connectivity index (χ3n) is 4.39. The lowest BCUT2D eigenvalue weighted by Gasteiger charge is -2.17. The Balaban J connectivity index is 1.23. The molecule has 4 rings (SSSR count). The summed E-state index contributed by atoms with van der Waals surface area (Å²) in [6.45, 7) is 3.57. The van der Waals surface area contributed by atoms with E-state index in [4.69, 9.17) is 28.4 Å². The van der Waals surface area contributed by atoms with E-state index in [9.17, 15) is 9.59 Å². The standard InChI is InChI=1S/C22H22O8/c1-14(29-17-6-2-15(3-7-17)21(23)27-12-19-10-25-19)30-18-8-4-16(5-9-18)22(24)28-13-20-11-26-20/h2-9,14,19-20H,10-13H2,1H3. The molecule has 2 heterocycles. The molecule has 0 amide bonds. The second-order valence-corrected chi connectivity index (χ2v) is 6.96. The van der Waals surface area contributed by atoms with Crippen LogP contribution in [0.3, 0.4) is 0 Å². The number of hydrogen-bond donors (Lipinski definition) is 0. The molecule has 0 aliphatic carbocycles. The van der Waals surface area contributed by atoms with Crippen molar-refractivity contribution in [2.75, 3.05) is 26.4 Å². The van der Waals surface area contributed by atoms with Crippen molar-refractivity contribution < 1.29 is 38.0 Å². The van der Waals surface area contributed by atoms with E-state index in [1.54, 1.807) is 55.5 Å². The van der Waals surface area contributed by atoms with Crippen LogP contribution in [0.4, 0.5) is 0 Å². The van der Waals surface area contributed by atoms with Gasteiger partial charge < -0.3 is 28.4 Å². The Morgan fingerprint density at radius 2 is 1.17 bits per heavy atom. The molecule has 158 valence electrons. The minimum Gasteiger partial charge on any atom is -0.459 e. The summed E-state index contributed by atoms with van der Waals surface area (Å²) in [5.41, 5.74) is 0.875. The van der Waals surface area contributed by atoms with Crippen LogP contribution in [-0.4, -0.2) is 56.9 Å². The Bertz CT molecular complexity index is 796. The van der Waals surface area contributed by atoms with Crippen molar-refractivity contribution in [1.29, 1.82) is 0 Å². The number of hydrogen-bond acceptors (Lipinski definition) is 8. The van der Waals surface area contributed by atoms with Crippen LogP contribution in [0.25, 0.3) is 0 Å². The van der Waals surface area contributed by atoms with Gasteiger partial charge in [0.25, 0.3) is 0 Å². The predicted octanol–water partition coefficient (Wildman–Crippen LogP) is 2.60. The second-order valence-electron chi connectivity index (χ2n) is 6.96. The van der Waals surface area contributed by atoms with Crippen molar-refractivity contribution in [2.24, 2.45) is 0 Å². The van der Waals surface area contributed by atoms with Crippen LogP contribution in [0, 0.1) is 0 Å². The molecule has 0 bridgehead atoms. The van der Waals surface area contributed by atoms with Gasteiger partial charge in [0, 0.05) is 6.92 Å². The molecule has 2 aromatic carbocycles. The third-order valence-corrected chi connectivity index (χ3v) is 4.39. The van der Waals surface area contributed by atoms with Gasteiger partial charge in [-0.2, -0.15) is 0 Å². The maximum Gasteiger partial charge on any atom is 0.338 e. The average Bonchev–Trinajstić information content (AvgIpc) is 3.66. The highest BCUT2D eigenvalue weighted by molar-refractivity contribution is 5.90. The van der Waals surface area contributed by atoms with E-state index in [2.05, 4.69) is 0 Å². The highest BCUT2D eigenvalue weighted by Gasteiger charge is 2.25. The first-order valence-electron chi connectivity index (χ1n) is 9.68. The van der Waals surface area contributed by atoms with Crippen LogP contribution in [0.1, 0.15) is 27.6 Å². The Morgan fingerprint density at radius 3 is 1.50 bits per heavy atom. The Hall–Kier alpha value is -3.10. The van der Waals surface area contributed by atoms with Crippen LogP contribution < -0.4 is 9.47 Å². The monoisotopic (exact) mass is 414 g/mol. The number of epoxide rings is 2. The zero-order valence-electron chi connectivity index (χ0n) is 16.4. The van der Waals surface area contributed by atoms with Crippen molar-refractivity contribution in [3.8, 4) is 11.5 Å². The molecule has 2 unspecified atom stereocenters. The molecule has 2 aliphatic rings. The summed E-state index contributed by atoms with van der Waals surface area (Å²) >= 11 is 0. The second kappa shape index (κ2) is 9.15. The quantitative estimate of drug-likeness (QED) is 0.333. The summed E-state index contributed by atoms with van der Waals surface area (Å²) < 4.78 is 31.7. The SMILES string of the molecule is CC(Oc1ccc(C(=O)OCC2CO2)cc1)Oc1ccc(C(=O)OCC2CO2)cc1. The van der Waals surface area contributed by atoms with Crippen molar-refractivity contribution in [3.05, 3.63) is 59.7 Å². The van der Waals surface area contributed by atoms with Gasteiger partial charge in [-0.1, -0.05) is 0 Å². The first-order chi connectivity index (χ1) is 14.6. The molecule has 2 aromatic rings. The number of rotatable bonds is 10. The van der Waals surface area contributed by atoms with E-state index in [1.165, 1.54) is 0 Å². The minimum absolute atomic E-state index is 0.0339. The maximum atomic E-state index is 11.9. The lowest BCUT2D eigenvalue weighted by molar-refractivity contribution is 0.0223. The van der Waals surface area contributed by atoms with Gasteiger partial charge in [0.05, 0.1) is 24.3 Å². The molecule has 0 N–H and O–H groups in total. The summed E-state index contributed by atoms with van der Waals surface area (Å²) in [4.78, 5) is 23.8. The molecule has 8 heteroatoms. The van der Waals surface area contributed by atoms with Gasteiger partial charge in [-0.05, 0) is 48.5 Å². The fourth-order valence-electron chi connectivity index (χ4n) is 2.58. The molecule has 8 nitrogen and oxygen atoms in total. The average molecular weight is 414 g/mol. The fraction of sp³-hybridized carbons (Fsp3) is 0.364. The Labute approximate surface area is 173 Å². The maximum absolute atomic E-state index is 11.9. The minimum atomic E-state index is -0.584. The third kappa shape index (κ3) is 5.95. The summed E-state index contributed by atoms with van der Waals surface area (Å²) in [7, 11) is 0. The summed E-state index contributed by atoms with van der Waals surface area (Å²) in [6.07, 6.45) is -0.516. The molecule has 2 saturated heterocycles. The van der Waals surface area contributed by atoms with Gasteiger partial charge in [0.1, 0.15) is 36.9 Å². The van der Waals surface area contributed by atoms with Gasteiger partial charge in [-0.25, -0.2) is 9.59 Å². The van der Waals surface area contributed by atoms with E-state index in [1.807, 2.05) is 0 Å². The number of esters is 2. The summed E-state index contributed by atoms with van der Waals surface area (Å²) in [5.74, 6) is 0.299. The molecule has 0 aromatic heterocycles. The molecule has 30 heavy (non-hydrogen) atoms. The first-order valence-corrected chi connectivity index (χ1v) is 9.68. The van der Waals surface area contributed by atoms with Crippen LogP contribution in [-0.2, 0) is 18.9 Å². The largest absolute Gasteiger partial charge is 0.459 e. The van der Waals surface area contributed by atoms with Gasteiger partial charge in [0.15, 0.2) is 0 Å².